The van der Waals surface area contributed by atoms with Crippen LogP contribution in [0, 0.1) is 0 Å². The van der Waals surface area contributed by atoms with E-state index in [1.807, 2.05) is 18.2 Å². The second-order valence-corrected chi connectivity index (χ2v) is 4.99. The van der Waals surface area contributed by atoms with Crippen molar-refractivity contribution >= 4 is 29.9 Å². The number of hydrogen-bond acceptors (Lipinski definition) is 2. The lowest BCUT2D eigenvalue weighted by Gasteiger charge is -2.16. The number of halogens is 1. The summed E-state index contributed by atoms with van der Waals surface area (Å²) in [6, 6.07) is 10.2. The fourth-order valence-corrected chi connectivity index (χ4v) is 2.08. The van der Waals surface area contributed by atoms with Crippen molar-refractivity contribution in [2.75, 3.05) is 26.7 Å². The molecule has 0 aliphatic heterocycles. The van der Waals surface area contributed by atoms with E-state index in [9.17, 15) is 0 Å². The highest BCUT2D eigenvalue weighted by atomic mass is 127. The third kappa shape index (κ3) is 8.58. The molecule has 5 heteroatoms. The molecular weight excluding hydrogens is 389 g/mol. The van der Waals surface area contributed by atoms with Crippen molar-refractivity contribution in [3.05, 3.63) is 35.9 Å². The fourth-order valence-electron chi connectivity index (χ4n) is 2.08. The van der Waals surface area contributed by atoms with E-state index in [1.54, 1.807) is 7.11 Å². The van der Waals surface area contributed by atoms with E-state index in [4.69, 9.17) is 4.74 Å². The SMILES string of the molecule is CCCCCNC(=NCC(OC)c1ccccc1)NCC.I. The summed E-state index contributed by atoms with van der Waals surface area (Å²) in [6.07, 6.45) is 3.65. The molecule has 0 spiro atoms. The number of guanidine groups is 1. The zero-order valence-electron chi connectivity index (χ0n) is 14.0. The summed E-state index contributed by atoms with van der Waals surface area (Å²) < 4.78 is 5.55. The quantitative estimate of drug-likeness (QED) is 0.278. The van der Waals surface area contributed by atoms with Crippen LogP contribution in [0.2, 0.25) is 0 Å². The number of benzene rings is 1. The Bertz CT molecular complexity index is 398. The van der Waals surface area contributed by atoms with Crippen molar-refractivity contribution in [1.29, 1.82) is 0 Å². The molecule has 1 aromatic carbocycles. The second-order valence-electron chi connectivity index (χ2n) is 4.99. The third-order valence-electron chi connectivity index (χ3n) is 3.29. The van der Waals surface area contributed by atoms with Gasteiger partial charge in [-0.2, -0.15) is 0 Å². The molecule has 1 rings (SSSR count). The highest BCUT2D eigenvalue weighted by Gasteiger charge is 2.09. The molecule has 4 nitrogen and oxygen atoms in total. The summed E-state index contributed by atoms with van der Waals surface area (Å²) in [5, 5.41) is 6.64. The van der Waals surface area contributed by atoms with Crippen LogP contribution in [0.15, 0.2) is 35.3 Å². The fraction of sp³-hybridized carbons (Fsp3) is 0.588. The van der Waals surface area contributed by atoms with Crippen molar-refractivity contribution in [2.24, 2.45) is 4.99 Å². The van der Waals surface area contributed by atoms with Gasteiger partial charge in [0.2, 0.25) is 0 Å². The van der Waals surface area contributed by atoms with Crippen molar-refractivity contribution < 1.29 is 4.74 Å². The van der Waals surface area contributed by atoms with Crippen molar-refractivity contribution in [3.63, 3.8) is 0 Å². The van der Waals surface area contributed by atoms with Crippen LogP contribution in [0.5, 0.6) is 0 Å². The lowest BCUT2D eigenvalue weighted by Crippen LogP contribution is -2.38. The minimum atomic E-state index is -0.00250. The van der Waals surface area contributed by atoms with Gasteiger partial charge in [-0.1, -0.05) is 50.1 Å². The van der Waals surface area contributed by atoms with Gasteiger partial charge in [-0.05, 0) is 18.9 Å². The van der Waals surface area contributed by atoms with E-state index in [0.717, 1.165) is 24.6 Å². The van der Waals surface area contributed by atoms with Gasteiger partial charge < -0.3 is 15.4 Å². The van der Waals surface area contributed by atoms with Gasteiger partial charge in [-0.25, -0.2) is 0 Å². The summed E-state index contributed by atoms with van der Waals surface area (Å²) >= 11 is 0. The van der Waals surface area contributed by atoms with E-state index in [2.05, 4.69) is 41.6 Å². The molecule has 0 radical (unpaired) electrons. The molecule has 1 unspecified atom stereocenters. The minimum Gasteiger partial charge on any atom is -0.375 e. The van der Waals surface area contributed by atoms with E-state index in [-0.39, 0.29) is 30.1 Å². The van der Waals surface area contributed by atoms with E-state index in [0.29, 0.717) is 6.54 Å². The maximum absolute atomic E-state index is 5.55. The zero-order chi connectivity index (χ0) is 15.3. The molecule has 1 atom stereocenters. The molecule has 0 saturated carbocycles. The summed E-state index contributed by atoms with van der Waals surface area (Å²) in [5.74, 6) is 0.867. The van der Waals surface area contributed by atoms with Gasteiger partial charge in [-0.15, -0.1) is 24.0 Å². The molecule has 0 aliphatic rings. The van der Waals surface area contributed by atoms with Crippen LogP contribution in [-0.4, -0.2) is 32.7 Å². The molecule has 126 valence electrons. The second kappa shape index (κ2) is 13.8. The zero-order valence-corrected chi connectivity index (χ0v) is 16.3. The molecule has 0 fully saturated rings. The maximum atomic E-state index is 5.55. The number of rotatable bonds is 9. The first-order valence-corrected chi connectivity index (χ1v) is 7.91. The van der Waals surface area contributed by atoms with Crippen molar-refractivity contribution in [1.82, 2.24) is 10.6 Å². The van der Waals surface area contributed by atoms with Gasteiger partial charge in [0.25, 0.3) is 0 Å². The van der Waals surface area contributed by atoms with Crippen LogP contribution in [0.25, 0.3) is 0 Å². The Balaban J connectivity index is 0.00000441. The summed E-state index contributed by atoms with van der Waals surface area (Å²) in [4.78, 5) is 4.63. The Morgan fingerprint density at radius 3 is 2.45 bits per heavy atom. The number of methoxy groups -OCH3 is 1. The summed E-state index contributed by atoms with van der Waals surface area (Å²) in [6.45, 7) is 6.73. The van der Waals surface area contributed by atoms with Gasteiger partial charge in [0.15, 0.2) is 5.96 Å². The first-order chi connectivity index (χ1) is 10.3. The van der Waals surface area contributed by atoms with Gasteiger partial charge in [-0.3, -0.25) is 4.99 Å². The molecule has 22 heavy (non-hydrogen) atoms. The lowest BCUT2D eigenvalue weighted by atomic mass is 10.1. The number of aliphatic imine (C=N–C) groups is 1. The Morgan fingerprint density at radius 1 is 1.14 bits per heavy atom. The number of nitrogens with one attached hydrogen (secondary N) is 2. The van der Waals surface area contributed by atoms with Gasteiger partial charge >= 0.3 is 0 Å². The van der Waals surface area contributed by atoms with Crippen LogP contribution >= 0.6 is 24.0 Å². The Morgan fingerprint density at radius 2 is 1.86 bits per heavy atom. The predicted molar refractivity (Wildman–Crippen MR) is 105 cm³/mol. The van der Waals surface area contributed by atoms with Gasteiger partial charge in [0.05, 0.1) is 6.54 Å². The average Bonchev–Trinajstić information content (AvgIpc) is 2.53. The van der Waals surface area contributed by atoms with Crippen LogP contribution in [0.4, 0.5) is 0 Å². The summed E-state index contributed by atoms with van der Waals surface area (Å²) in [7, 11) is 1.73. The molecule has 0 aromatic heterocycles. The highest BCUT2D eigenvalue weighted by Crippen LogP contribution is 2.16. The van der Waals surface area contributed by atoms with Crippen molar-refractivity contribution in [3.8, 4) is 0 Å². The maximum Gasteiger partial charge on any atom is 0.191 e. The van der Waals surface area contributed by atoms with Gasteiger partial charge in [0, 0.05) is 20.2 Å². The van der Waals surface area contributed by atoms with Crippen molar-refractivity contribution in [2.45, 2.75) is 39.2 Å². The predicted octanol–water partition coefficient (Wildman–Crippen LogP) is 3.74. The monoisotopic (exact) mass is 419 g/mol. The van der Waals surface area contributed by atoms with Crippen LogP contribution in [0.3, 0.4) is 0 Å². The standard InChI is InChI=1S/C17H29N3O.HI/c1-4-6-10-13-19-17(18-5-2)20-14-16(21-3)15-11-8-7-9-12-15;/h7-9,11-12,16H,4-6,10,13-14H2,1-3H3,(H2,18,19,20);1H. The molecule has 0 amide bonds. The van der Waals surface area contributed by atoms with Crippen LogP contribution in [-0.2, 0) is 4.74 Å². The molecule has 1 aromatic rings. The lowest BCUT2D eigenvalue weighted by molar-refractivity contribution is 0.111. The van der Waals surface area contributed by atoms with Crippen LogP contribution in [0.1, 0.15) is 44.8 Å². The van der Waals surface area contributed by atoms with E-state index in [1.165, 1.54) is 19.3 Å². The Kier molecular flexibility index (Phi) is 13.3. The minimum absolute atomic E-state index is 0. The number of ether oxygens (including phenoxy) is 1. The Labute approximate surface area is 152 Å². The van der Waals surface area contributed by atoms with Crippen LogP contribution < -0.4 is 10.6 Å². The smallest absolute Gasteiger partial charge is 0.191 e. The van der Waals surface area contributed by atoms with Gasteiger partial charge in [0.1, 0.15) is 6.10 Å². The average molecular weight is 419 g/mol. The number of hydrogen-bond donors (Lipinski definition) is 2. The first-order valence-electron chi connectivity index (χ1n) is 7.91. The largest absolute Gasteiger partial charge is 0.375 e. The number of unbranched alkanes of at least 4 members (excludes halogenated alkanes) is 2. The highest BCUT2D eigenvalue weighted by molar-refractivity contribution is 14.0. The normalized spacial score (nSPS) is 12.4. The molecule has 0 aliphatic carbocycles. The summed E-state index contributed by atoms with van der Waals surface area (Å²) in [5.41, 5.74) is 1.16. The number of nitrogens with zero attached hydrogens (tertiary/aromatic N) is 1. The third-order valence-corrected chi connectivity index (χ3v) is 3.29. The van der Waals surface area contributed by atoms with E-state index >= 15 is 0 Å². The molecule has 0 bridgehead atoms. The molecular formula is C17H30IN3O. The Hall–Kier alpha value is -0.820. The first kappa shape index (κ1) is 21.2. The topological polar surface area (TPSA) is 45.7 Å². The van der Waals surface area contributed by atoms with E-state index < -0.39 is 0 Å². The molecule has 0 saturated heterocycles. The molecule has 2 N–H and O–H groups in total. The molecule has 0 heterocycles.